The molecule has 7 nitrogen and oxygen atoms in total. The largest absolute Gasteiger partial charge is 0.461 e. The fourth-order valence-corrected chi connectivity index (χ4v) is 7.63. The molecule has 2 aromatic rings. The molecule has 4 aliphatic rings. The van der Waals surface area contributed by atoms with Crippen LogP contribution in [0, 0.1) is 16.7 Å². The number of carbonyl (C=O) groups excluding carboxylic acids is 3. The number of allylic oxidation sites excluding steroid dienone is 1. The lowest BCUT2D eigenvalue weighted by molar-refractivity contribution is -0.203. The fraction of sp³-hybridized carbons (Fsp3) is 0.485. The van der Waals surface area contributed by atoms with E-state index in [9.17, 15) is 14.4 Å². The SMILES string of the molecule is CC1CC(=O)N(c2ccccc2C(=O)OC[C@]23CCC[C@@]4(CC=CCO[C@@H]42)CN([C@@H](C)c2ccccc2)C3)C1=O. The van der Waals surface area contributed by atoms with E-state index in [0.29, 0.717) is 12.3 Å². The van der Waals surface area contributed by atoms with Crippen LogP contribution >= 0.6 is 0 Å². The molecule has 0 spiro atoms. The van der Waals surface area contributed by atoms with Crippen LogP contribution < -0.4 is 4.90 Å². The van der Waals surface area contributed by atoms with Crippen molar-refractivity contribution in [1.82, 2.24) is 4.90 Å². The van der Waals surface area contributed by atoms with Crippen LogP contribution in [0.1, 0.15) is 67.9 Å². The Bertz CT molecular complexity index is 1330. The van der Waals surface area contributed by atoms with Crippen molar-refractivity contribution in [3.05, 3.63) is 77.9 Å². The van der Waals surface area contributed by atoms with Gasteiger partial charge in [-0.25, -0.2) is 9.69 Å². The Morgan fingerprint density at radius 1 is 1.05 bits per heavy atom. The van der Waals surface area contributed by atoms with Crippen LogP contribution in [0.15, 0.2) is 66.7 Å². The van der Waals surface area contributed by atoms with E-state index in [0.717, 1.165) is 43.7 Å². The van der Waals surface area contributed by atoms with Gasteiger partial charge in [0.25, 0.3) is 0 Å². The molecular weight excluding hydrogens is 504 g/mol. The highest BCUT2D eigenvalue weighted by Crippen LogP contribution is 2.56. The number of likely N-dealkylation sites (tertiary alicyclic amines) is 1. The Balaban J connectivity index is 1.29. The normalized spacial score (nSPS) is 31.0. The van der Waals surface area contributed by atoms with Crippen molar-refractivity contribution in [1.29, 1.82) is 0 Å². The van der Waals surface area contributed by atoms with Crippen LogP contribution in [0.3, 0.4) is 0 Å². The molecule has 1 saturated carbocycles. The van der Waals surface area contributed by atoms with Gasteiger partial charge in [0.2, 0.25) is 11.8 Å². The Morgan fingerprint density at radius 2 is 1.82 bits per heavy atom. The fourth-order valence-electron chi connectivity index (χ4n) is 7.63. The lowest BCUT2D eigenvalue weighted by atomic mass is 9.55. The van der Waals surface area contributed by atoms with E-state index in [1.807, 2.05) is 6.07 Å². The van der Waals surface area contributed by atoms with Crippen LogP contribution in [0.4, 0.5) is 5.69 Å². The van der Waals surface area contributed by atoms with E-state index in [1.54, 1.807) is 31.2 Å². The summed E-state index contributed by atoms with van der Waals surface area (Å²) in [4.78, 5) is 42.8. The summed E-state index contributed by atoms with van der Waals surface area (Å²) in [5.41, 5.74) is 1.42. The molecule has 3 heterocycles. The van der Waals surface area contributed by atoms with Crippen LogP contribution in [-0.4, -0.2) is 55.1 Å². The van der Waals surface area contributed by atoms with E-state index in [-0.39, 0.29) is 53.4 Å². The number of anilines is 1. The summed E-state index contributed by atoms with van der Waals surface area (Å²) in [5, 5.41) is 0. The number of amides is 2. The summed E-state index contributed by atoms with van der Waals surface area (Å²) in [7, 11) is 0. The number of benzene rings is 2. The first-order chi connectivity index (χ1) is 19.3. The van der Waals surface area contributed by atoms with Gasteiger partial charge in [-0.15, -0.1) is 0 Å². The number of piperidine rings is 1. The molecule has 210 valence electrons. The predicted octanol–water partition coefficient (Wildman–Crippen LogP) is 5.32. The molecule has 2 saturated heterocycles. The lowest BCUT2D eigenvalue weighted by Gasteiger charge is -2.61. The first-order valence-corrected chi connectivity index (χ1v) is 14.5. The van der Waals surface area contributed by atoms with Crippen LogP contribution in [0.5, 0.6) is 0 Å². The Kier molecular flexibility index (Phi) is 7.13. The highest BCUT2D eigenvalue weighted by atomic mass is 16.5. The third-order valence-electron chi connectivity index (χ3n) is 9.61. The summed E-state index contributed by atoms with van der Waals surface area (Å²) in [6.07, 6.45) is 8.51. The molecule has 2 bridgehead atoms. The smallest absolute Gasteiger partial charge is 0.340 e. The van der Waals surface area contributed by atoms with Crippen LogP contribution in [-0.2, 0) is 19.1 Å². The minimum atomic E-state index is -0.513. The number of esters is 1. The quantitative estimate of drug-likeness (QED) is 0.279. The second-order valence-corrected chi connectivity index (χ2v) is 12.2. The Hall–Kier alpha value is -3.29. The molecule has 1 aliphatic carbocycles. The first-order valence-electron chi connectivity index (χ1n) is 14.5. The van der Waals surface area contributed by atoms with Gasteiger partial charge in [-0.05, 0) is 43.9 Å². The zero-order valence-electron chi connectivity index (χ0n) is 23.4. The molecular formula is C33H38N2O5. The van der Waals surface area contributed by atoms with Crippen molar-refractivity contribution in [2.24, 2.45) is 16.7 Å². The van der Waals surface area contributed by atoms with Crippen molar-refractivity contribution in [2.75, 3.05) is 31.2 Å². The molecule has 5 atom stereocenters. The average molecular weight is 543 g/mol. The van der Waals surface area contributed by atoms with Crippen LogP contribution in [0.25, 0.3) is 0 Å². The van der Waals surface area contributed by atoms with Crippen molar-refractivity contribution in [3.8, 4) is 0 Å². The second-order valence-electron chi connectivity index (χ2n) is 12.2. The van der Waals surface area contributed by atoms with Gasteiger partial charge in [0.1, 0.15) is 6.61 Å². The van der Waals surface area contributed by atoms with Gasteiger partial charge in [0.15, 0.2) is 0 Å². The summed E-state index contributed by atoms with van der Waals surface area (Å²) >= 11 is 0. The molecule has 6 rings (SSSR count). The lowest BCUT2D eigenvalue weighted by Crippen LogP contribution is -2.66. The molecule has 3 fully saturated rings. The van der Waals surface area contributed by atoms with Gasteiger partial charge in [-0.1, -0.05) is 68.0 Å². The number of hydrogen-bond acceptors (Lipinski definition) is 6. The van der Waals surface area contributed by atoms with E-state index in [4.69, 9.17) is 9.47 Å². The number of rotatable bonds is 6. The van der Waals surface area contributed by atoms with Crippen molar-refractivity contribution >= 4 is 23.5 Å². The number of hydrogen-bond donors (Lipinski definition) is 0. The third-order valence-corrected chi connectivity index (χ3v) is 9.61. The summed E-state index contributed by atoms with van der Waals surface area (Å²) in [5.74, 6) is -1.48. The first kappa shape index (κ1) is 26.9. The number of imide groups is 1. The predicted molar refractivity (Wildman–Crippen MR) is 152 cm³/mol. The number of para-hydroxylation sites is 1. The number of ether oxygens (including phenoxy) is 2. The summed E-state index contributed by atoms with van der Waals surface area (Å²) < 4.78 is 12.7. The van der Waals surface area contributed by atoms with Gasteiger partial charge in [0, 0.05) is 42.3 Å². The van der Waals surface area contributed by atoms with Crippen LogP contribution in [0.2, 0.25) is 0 Å². The molecule has 2 amide bonds. The standard InChI is InChI=1S/C33H38N2O5/c1-23-19-28(36)35(29(23)37)27-14-7-6-13-26(27)30(38)40-22-33-17-10-16-32(15-8-9-18-39-31(32)33)20-34(21-33)24(2)25-11-4-3-5-12-25/h3-9,11-14,23-24,31H,10,15-22H2,1-2H3/t23?,24-,31-,32-,33+/m0/s1. The van der Waals surface area contributed by atoms with Crippen molar-refractivity contribution in [2.45, 2.75) is 58.1 Å². The minimum absolute atomic E-state index is 0.0198. The van der Waals surface area contributed by atoms with Crippen molar-refractivity contribution < 1.29 is 23.9 Å². The number of carbonyl (C=O) groups is 3. The van der Waals surface area contributed by atoms with Crippen molar-refractivity contribution in [3.63, 3.8) is 0 Å². The highest BCUT2D eigenvalue weighted by molar-refractivity contribution is 6.22. The van der Waals surface area contributed by atoms with E-state index < -0.39 is 11.9 Å². The van der Waals surface area contributed by atoms with Gasteiger partial charge < -0.3 is 9.47 Å². The molecule has 2 aromatic carbocycles. The topological polar surface area (TPSA) is 76.2 Å². The molecule has 40 heavy (non-hydrogen) atoms. The summed E-state index contributed by atoms with van der Waals surface area (Å²) in [6, 6.07) is 17.6. The van der Waals surface area contributed by atoms with Gasteiger partial charge in [-0.3, -0.25) is 14.5 Å². The van der Waals surface area contributed by atoms with E-state index in [2.05, 4.69) is 48.2 Å². The van der Waals surface area contributed by atoms with Gasteiger partial charge in [0.05, 0.1) is 24.0 Å². The number of nitrogens with zero attached hydrogens (tertiary/aromatic N) is 2. The molecule has 7 heteroatoms. The zero-order chi connectivity index (χ0) is 27.9. The Labute approximate surface area is 236 Å². The van der Waals surface area contributed by atoms with E-state index >= 15 is 0 Å². The summed E-state index contributed by atoms with van der Waals surface area (Å²) in [6.45, 7) is 6.50. The minimum Gasteiger partial charge on any atom is -0.461 e. The van der Waals surface area contributed by atoms with E-state index in [1.165, 1.54) is 5.56 Å². The molecule has 0 N–H and O–H groups in total. The second kappa shape index (κ2) is 10.6. The molecule has 1 unspecified atom stereocenters. The molecule has 0 radical (unpaired) electrons. The maximum absolute atomic E-state index is 13.6. The third kappa shape index (κ3) is 4.59. The maximum atomic E-state index is 13.6. The van der Waals surface area contributed by atoms with Gasteiger partial charge >= 0.3 is 5.97 Å². The highest BCUT2D eigenvalue weighted by Gasteiger charge is 2.60. The van der Waals surface area contributed by atoms with Gasteiger partial charge in [-0.2, -0.15) is 0 Å². The Morgan fingerprint density at radius 3 is 2.60 bits per heavy atom. The molecule has 3 aliphatic heterocycles. The monoisotopic (exact) mass is 542 g/mol. The zero-order valence-corrected chi connectivity index (χ0v) is 23.4. The maximum Gasteiger partial charge on any atom is 0.340 e. The average Bonchev–Trinajstić information content (AvgIpc) is 3.10. The molecule has 0 aromatic heterocycles.